The van der Waals surface area contributed by atoms with Gasteiger partial charge in [-0.15, -0.1) is 11.8 Å². The molecule has 1 aromatic rings. The van der Waals surface area contributed by atoms with Crippen molar-refractivity contribution in [1.82, 2.24) is 0 Å². The summed E-state index contributed by atoms with van der Waals surface area (Å²) in [6.45, 7) is 4.08. The monoisotopic (exact) mass is 293 g/mol. The third-order valence-corrected chi connectivity index (χ3v) is 4.72. The lowest BCUT2D eigenvalue weighted by atomic mass is 9.86. The van der Waals surface area contributed by atoms with Crippen molar-refractivity contribution in [2.75, 3.05) is 22.9 Å². The fraction of sp³-hybridized carbons (Fsp3) is 0.429. The number of amides is 2. The first-order valence-electron chi connectivity index (χ1n) is 6.57. The van der Waals surface area contributed by atoms with Crippen LogP contribution < -0.4 is 16.4 Å². The number of nitrogens with two attached hydrogens (primary N) is 1. The largest absolute Gasteiger partial charge is 0.329 e. The maximum Gasteiger partial charge on any atom is 0.234 e. The van der Waals surface area contributed by atoms with Gasteiger partial charge in [0.05, 0.1) is 16.9 Å². The van der Waals surface area contributed by atoms with Crippen LogP contribution in [0.2, 0.25) is 0 Å². The zero-order valence-electron chi connectivity index (χ0n) is 11.7. The van der Waals surface area contributed by atoms with E-state index in [1.807, 2.05) is 26.0 Å². The van der Waals surface area contributed by atoms with E-state index in [0.717, 1.165) is 10.6 Å². The van der Waals surface area contributed by atoms with E-state index in [1.165, 1.54) is 11.8 Å². The molecule has 2 amide bonds. The van der Waals surface area contributed by atoms with Gasteiger partial charge in [-0.05, 0) is 31.5 Å². The predicted octanol–water partition coefficient (Wildman–Crippen LogP) is 2.04. The average molecular weight is 293 g/mol. The Morgan fingerprint density at radius 2 is 2.30 bits per heavy atom. The summed E-state index contributed by atoms with van der Waals surface area (Å²) in [5, 5.41) is 5.67. The lowest BCUT2D eigenvalue weighted by molar-refractivity contribution is -0.124. The Morgan fingerprint density at radius 1 is 1.55 bits per heavy atom. The molecule has 6 heteroatoms. The molecular formula is C14H19N3O2S. The number of thioether (sulfide) groups is 1. The van der Waals surface area contributed by atoms with E-state index in [4.69, 9.17) is 5.73 Å². The van der Waals surface area contributed by atoms with Crippen LogP contribution in [0.15, 0.2) is 23.1 Å². The van der Waals surface area contributed by atoms with Gasteiger partial charge in [-0.1, -0.05) is 6.92 Å². The van der Waals surface area contributed by atoms with Crippen molar-refractivity contribution in [3.8, 4) is 0 Å². The zero-order chi connectivity index (χ0) is 14.8. The maximum atomic E-state index is 12.2. The fourth-order valence-corrected chi connectivity index (χ4v) is 2.63. The van der Waals surface area contributed by atoms with Crippen LogP contribution in [0.25, 0.3) is 0 Å². The minimum absolute atomic E-state index is 0.0219. The molecule has 1 aromatic carbocycles. The van der Waals surface area contributed by atoms with Gasteiger partial charge >= 0.3 is 0 Å². The van der Waals surface area contributed by atoms with Crippen LogP contribution in [0.3, 0.4) is 0 Å². The highest BCUT2D eigenvalue weighted by atomic mass is 32.2. The van der Waals surface area contributed by atoms with E-state index in [0.29, 0.717) is 24.4 Å². The van der Waals surface area contributed by atoms with Crippen LogP contribution in [-0.4, -0.2) is 24.1 Å². The molecule has 2 rings (SSSR count). The van der Waals surface area contributed by atoms with E-state index in [1.54, 1.807) is 6.07 Å². The number of fused-ring (bicyclic) bond motifs is 1. The highest BCUT2D eigenvalue weighted by molar-refractivity contribution is 8.00. The molecule has 0 aliphatic carbocycles. The van der Waals surface area contributed by atoms with E-state index in [-0.39, 0.29) is 11.8 Å². The number of carbonyl (C=O) groups is 2. The SMILES string of the molecule is CCC(C)(CN)C(=O)Nc1ccc2c(c1)NC(=O)CS2. The Hall–Kier alpha value is -1.53. The first-order valence-corrected chi connectivity index (χ1v) is 7.55. The number of nitrogens with one attached hydrogen (secondary N) is 2. The lowest BCUT2D eigenvalue weighted by Gasteiger charge is -2.25. The highest BCUT2D eigenvalue weighted by Crippen LogP contribution is 2.33. The Kier molecular flexibility index (Phi) is 4.35. The standard InChI is InChI=1S/C14H19N3O2S/c1-3-14(2,8-15)13(19)16-9-4-5-11-10(6-9)17-12(18)7-20-11/h4-6H,3,7-8,15H2,1-2H3,(H,16,19)(H,17,18). The van der Waals surface area contributed by atoms with Gasteiger partial charge in [0.2, 0.25) is 11.8 Å². The molecule has 1 aliphatic rings. The molecule has 0 spiro atoms. The van der Waals surface area contributed by atoms with Gasteiger partial charge in [0, 0.05) is 17.1 Å². The van der Waals surface area contributed by atoms with Crippen molar-refractivity contribution in [2.24, 2.45) is 11.1 Å². The Bertz CT molecular complexity index is 541. The number of rotatable bonds is 4. The third kappa shape index (κ3) is 2.96. The second-order valence-corrected chi connectivity index (χ2v) is 6.14. The van der Waals surface area contributed by atoms with Gasteiger partial charge in [-0.3, -0.25) is 9.59 Å². The first-order chi connectivity index (χ1) is 9.48. The van der Waals surface area contributed by atoms with Gasteiger partial charge in [-0.2, -0.15) is 0 Å². The number of hydrogen-bond donors (Lipinski definition) is 3. The highest BCUT2D eigenvalue weighted by Gasteiger charge is 2.29. The van der Waals surface area contributed by atoms with Crippen molar-refractivity contribution in [1.29, 1.82) is 0 Å². The van der Waals surface area contributed by atoms with Crippen molar-refractivity contribution >= 4 is 35.0 Å². The van der Waals surface area contributed by atoms with E-state index in [2.05, 4.69) is 10.6 Å². The predicted molar refractivity (Wildman–Crippen MR) is 81.9 cm³/mol. The Morgan fingerprint density at radius 3 is 2.95 bits per heavy atom. The van der Waals surface area contributed by atoms with Crippen LogP contribution >= 0.6 is 11.8 Å². The molecular weight excluding hydrogens is 274 g/mol. The molecule has 0 aromatic heterocycles. The van der Waals surface area contributed by atoms with Crippen molar-refractivity contribution in [3.05, 3.63) is 18.2 Å². The minimum atomic E-state index is -0.575. The lowest BCUT2D eigenvalue weighted by Crippen LogP contribution is -2.39. The summed E-state index contributed by atoms with van der Waals surface area (Å²) in [6, 6.07) is 5.53. The summed E-state index contributed by atoms with van der Waals surface area (Å²) < 4.78 is 0. The third-order valence-electron chi connectivity index (χ3n) is 3.65. The maximum absolute atomic E-state index is 12.2. The van der Waals surface area contributed by atoms with E-state index < -0.39 is 5.41 Å². The molecule has 1 atom stereocenters. The molecule has 0 bridgehead atoms. The summed E-state index contributed by atoms with van der Waals surface area (Å²) in [7, 11) is 0. The van der Waals surface area contributed by atoms with Crippen molar-refractivity contribution in [3.63, 3.8) is 0 Å². The van der Waals surface area contributed by atoms with Gasteiger partial charge in [0.15, 0.2) is 0 Å². The molecule has 1 unspecified atom stereocenters. The smallest absolute Gasteiger partial charge is 0.234 e. The van der Waals surface area contributed by atoms with Crippen LogP contribution in [0, 0.1) is 5.41 Å². The molecule has 1 aliphatic heterocycles. The van der Waals surface area contributed by atoms with E-state index >= 15 is 0 Å². The molecule has 5 nitrogen and oxygen atoms in total. The molecule has 0 saturated carbocycles. The molecule has 0 saturated heterocycles. The van der Waals surface area contributed by atoms with Crippen LogP contribution in [0.1, 0.15) is 20.3 Å². The quantitative estimate of drug-likeness (QED) is 0.793. The number of hydrogen-bond acceptors (Lipinski definition) is 4. The van der Waals surface area contributed by atoms with Gasteiger partial charge < -0.3 is 16.4 Å². The van der Waals surface area contributed by atoms with Crippen molar-refractivity contribution in [2.45, 2.75) is 25.2 Å². The van der Waals surface area contributed by atoms with Crippen LogP contribution in [0.5, 0.6) is 0 Å². The molecule has 4 N–H and O–H groups in total. The number of benzene rings is 1. The normalized spacial score (nSPS) is 16.9. The van der Waals surface area contributed by atoms with Crippen LogP contribution in [-0.2, 0) is 9.59 Å². The Balaban J connectivity index is 2.17. The summed E-state index contributed by atoms with van der Waals surface area (Å²) in [4.78, 5) is 24.6. The van der Waals surface area contributed by atoms with Gasteiger partial charge in [0.1, 0.15) is 0 Å². The fourth-order valence-electron chi connectivity index (χ4n) is 1.84. The topological polar surface area (TPSA) is 84.2 Å². The Labute approximate surface area is 122 Å². The van der Waals surface area contributed by atoms with Gasteiger partial charge in [0.25, 0.3) is 0 Å². The number of carbonyl (C=O) groups excluding carboxylic acids is 2. The summed E-state index contributed by atoms with van der Waals surface area (Å²) >= 11 is 1.49. The second-order valence-electron chi connectivity index (χ2n) is 5.12. The summed E-state index contributed by atoms with van der Waals surface area (Å²) in [5.41, 5.74) is 6.52. The first kappa shape index (κ1) is 14.9. The second kappa shape index (κ2) is 5.85. The average Bonchev–Trinajstić information content (AvgIpc) is 2.45. The van der Waals surface area contributed by atoms with E-state index in [9.17, 15) is 9.59 Å². The minimum Gasteiger partial charge on any atom is -0.329 e. The zero-order valence-corrected chi connectivity index (χ0v) is 12.5. The van der Waals surface area contributed by atoms with Gasteiger partial charge in [-0.25, -0.2) is 0 Å². The number of anilines is 2. The van der Waals surface area contributed by atoms with Crippen molar-refractivity contribution < 1.29 is 9.59 Å². The molecule has 1 heterocycles. The summed E-state index contributed by atoms with van der Waals surface area (Å²) in [5.74, 6) is 0.309. The van der Waals surface area contributed by atoms with Crippen LogP contribution in [0.4, 0.5) is 11.4 Å². The molecule has 108 valence electrons. The molecule has 0 fully saturated rings. The summed E-state index contributed by atoms with van der Waals surface area (Å²) in [6.07, 6.45) is 0.673. The molecule has 0 radical (unpaired) electrons. The molecule has 20 heavy (non-hydrogen) atoms.